The van der Waals surface area contributed by atoms with Crippen molar-refractivity contribution >= 4 is 11.6 Å². The molecule has 3 rings (SSSR count). The lowest BCUT2D eigenvalue weighted by Crippen LogP contribution is -2.13. The number of pyridine rings is 1. The summed E-state index contributed by atoms with van der Waals surface area (Å²) in [5.74, 6) is 0.624. The van der Waals surface area contributed by atoms with E-state index in [0.29, 0.717) is 17.9 Å². The topological polar surface area (TPSA) is 85.1 Å². The molecule has 0 saturated carbocycles. The number of aromatic nitrogens is 4. The maximum atomic E-state index is 13.2. The lowest BCUT2D eigenvalue weighted by molar-refractivity contribution is -0.137. The zero-order chi connectivity index (χ0) is 21.9. The van der Waals surface area contributed by atoms with Crippen LogP contribution >= 0.6 is 0 Å². The van der Waals surface area contributed by atoms with Gasteiger partial charge in [0.05, 0.1) is 24.5 Å². The fraction of sp³-hybridized carbons (Fsp3) is 0.350. The molecule has 0 radical (unpaired) electrons. The number of alkyl halides is 3. The molecule has 160 valence electrons. The van der Waals surface area contributed by atoms with Crippen molar-refractivity contribution in [3.05, 3.63) is 53.6 Å². The van der Waals surface area contributed by atoms with Gasteiger partial charge >= 0.3 is 6.18 Å². The first kappa shape index (κ1) is 21.6. The van der Waals surface area contributed by atoms with Crippen LogP contribution in [0.5, 0.6) is 5.75 Å². The summed E-state index contributed by atoms with van der Waals surface area (Å²) in [6, 6.07) is 6.83. The first-order valence-electron chi connectivity index (χ1n) is 9.30. The Balaban J connectivity index is 2.00. The maximum Gasteiger partial charge on any atom is 0.416 e. The van der Waals surface area contributed by atoms with Crippen LogP contribution < -0.4 is 10.1 Å². The molecule has 0 amide bonds. The van der Waals surface area contributed by atoms with E-state index in [2.05, 4.69) is 20.4 Å². The van der Waals surface area contributed by atoms with Gasteiger partial charge in [-0.1, -0.05) is 6.92 Å². The number of hydrogen-bond acceptors (Lipinski definition) is 6. The second-order valence-corrected chi connectivity index (χ2v) is 6.76. The molecule has 0 aliphatic carbocycles. The van der Waals surface area contributed by atoms with Crippen molar-refractivity contribution in [2.24, 2.45) is 0 Å². The summed E-state index contributed by atoms with van der Waals surface area (Å²) in [5, 5.41) is 17.3. The van der Waals surface area contributed by atoms with Gasteiger partial charge in [-0.3, -0.25) is 4.98 Å². The van der Waals surface area contributed by atoms with E-state index in [-0.39, 0.29) is 23.8 Å². The van der Waals surface area contributed by atoms with Gasteiger partial charge in [-0.05, 0) is 37.6 Å². The molecule has 0 bridgehead atoms. The van der Waals surface area contributed by atoms with E-state index < -0.39 is 17.8 Å². The Labute approximate surface area is 171 Å². The number of aliphatic hydroxyl groups is 1. The van der Waals surface area contributed by atoms with Crippen LogP contribution in [0.25, 0.3) is 5.69 Å². The van der Waals surface area contributed by atoms with Crippen molar-refractivity contribution in [3.8, 4) is 11.4 Å². The third-order valence-electron chi connectivity index (χ3n) is 4.41. The number of hydrogen-bond donors (Lipinski definition) is 2. The van der Waals surface area contributed by atoms with Crippen LogP contribution in [-0.4, -0.2) is 38.1 Å². The third kappa shape index (κ3) is 5.07. The zero-order valence-electron chi connectivity index (χ0n) is 16.7. The standard InChI is InChI=1S/C20H22F3N5O2/c1-4-16(29)11-18-26-19(27-28(18)15-5-6-24-12(2)7-15)25-14-8-13(20(21,22)23)9-17(10-14)30-3/h5-10,16,29H,4,11H2,1-3H3,(H,25,27). The van der Waals surface area contributed by atoms with Gasteiger partial charge in [-0.2, -0.15) is 18.2 Å². The fourth-order valence-electron chi connectivity index (χ4n) is 2.84. The highest BCUT2D eigenvalue weighted by atomic mass is 19.4. The minimum Gasteiger partial charge on any atom is -0.497 e. The summed E-state index contributed by atoms with van der Waals surface area (Å²) < 4.78 is 46.1. The second-order valence-electron chi connectivity index (χ2n) is 6.76. The number of benzene rings is 1. The van der Waals surface area contributed by atoms with Gasteiger partial charge in [0.15, 0.2) is 0 Å². The van der Waals surface area contributed by atoms with E-state index >= 15 is 0 Å². The molecule has 0 fully saturated rings. The van der Waals surface area contributed by atoms with Gasteiger partial charge in [0, 0.05) is 30.1 Å². The van der Waals surface area contributed by atoms with E-state index in [9.17, 15) is 18.3 Å². The highest BCUT2D eigenvalue weighted by Crippen LogP contribution is 2.34. The number of nitrogens with zero attached hydrogens (tertiary/aromatic N) is 4. The summed E-state index contributed by atoms with van der Waals surface area (Å²) in [5.41, 5.74) is 0.729. The highest BCUT2D eigenvalue weighted by Gasteiger charge is 2.31. The molecule has 0 aliphatic heterocycles. The molecule has 1 atom stereocenters. The molecule has 0 aliphatic rings. The molecule has 3 aromatic rings. The average Bonchev–Trinajstić information content (AvgIpc) is 3.08. The van der Waals surface area contributed by atoms with E-state index in [1.807, 2.05) is 13.8 Å². The molecule has 0 spiro atoms. The van der Waals surface area contributed by atoms with Crippen LogP contribution in [0.1, 0.15) is 30.4 Å². The van der Waals surface area contributed by atoms with Crippen molar-refractivity contribution in [1.82, 2.24) is 19.7 Å². The van der Waals surface area contributed by atoms with Crippen molar-refractivity contribution in [3.63, 3.8) is 0 Å². The molecule has 30 heavy (non-hydrogen) atoms. The van der Waals surface area contributed by atoms with Gasteiger partial charge < -0.3 is 15.2 Å². The van der Waals surface area contributed by atoms with Gasteiger partial charge in [0.2, 0.25) is 5.95 Å². The molecule has 7 nitrogen and oxygen atoms in total. The molecule has 2 heterocycles. The first-order chi connectivity index (χ1) is 14.2. The number of aliphatic hydroxyl groups excluding tert-OH is 1. The minimum absolute atomic E-state index is 0.0538. The van der Waals surface area contributed by atoms with Crippen molar-refractivity contribution in [2.75, 3.05) is 12.4 Å². The predicted octanol–water partition coefficient (Wildman–Crippen LogP) is 4.06. The van der Waals surface area contributed by atoms with Crippen LogP contribution in [0.3, 0.4) is 0 Å². The number of rotatable bonds is 7. The smallest absolute Gasteiger partial charge is 0.416 e. The molecular weight excluding hydrogens is 399 g/mol. The quantitative estimate of drug-likeness (QED) is 0.599. The Morgan fingerprint density at radius 3 is 2.63 bits per heavy atom. The van der Waals surface area contributed by atoms with Crippen LogP contribution in [0.15, 0.2) is 36.5 Å². The van der Waals surface area contributed by atoms with Crippen LogP contribution in [0.2, 0.25) is 0 Å². The van der Waals surface area contributed by atoms with Gasteiger partial charge in [0.25, 0.3) is 0 Å². The van der Waals surface area contributed by atoms with Crippen molar-refractivity contribution in [1.29, 1.82) is 0 Å². The Morgan fingerprint density at radius 1 is 1.23 bits per heavy atom. The molecule has 10 heteroatoms. The Hall–Kier alpha value is -3.14. The predicted molar refractivity (Wildman–Crippen MR) is 105 cm³/mol. The van der Waals surface area contributed by atoms with Gasteiger partial charge in [-0.15, -0.1) is 5.10 Å². The molecule has 2 aromatic heterocycles. The molecule has 0 saturated heterocycles. The summed E-state index contributed by atoms with van der Waals surface area (Å²) in [4.78, 5) is 8.54. The number of nitrogens with one attached hydrogen (secondary N) is 1. The Bertz CT molecular complexity index is 1020. The van der Waals surface area contributed by atoms with Crippen LogP contribution in [-0.2, 0) is 12.6 Å². The molecule has 1 unspecified atom stereocenters. The summed E-state index contributed by atoms with van der Waals surface area (Å²) >= 11 is 0. The lowest BCUT2D eigenvalue weighted by Gasteiger charge is -2.11. The van der Waals surface area contributed by atoms with E-state index in [0.717, 1.165) is 17.8 Å². The molecule has 1 aromatic carbocycles. The van der Waals surface area contributed by atoms with E-state index in [1.165, 1.54) is 13.2 Å². The largest absolute Gasteiger partial charge is 0.497 e. The van der Waals surface area contributed by atoms with Crippen molar-refractivity contribution in [2.45, 2.75) is 39.0 Å². The van der Waals surface area contributed by atoms with E-state index in [4.69, 9.17) is 4.74 Å². The number of ether oxygens (including phenoxy) is 1. The van der Waals surface area contributed by atoms with Gasteiger partial charge in [0.1, 0.15) is 11.6 Å². The number of aryl methyl sites for hydroxylation is 1. The number of methoxy groups -OCH3 is 1. The third-order valence-corrected chi connectivity index (χ3v) is 4.41. The Kier molecular flexibility index (Phi) is 6.25. The molecule has 2 N–H and O–H groups in total. The minimum atomic E-state index is -4.53. The average molecular weight is 421 g/mol. The number of anilines is 2. The second kappa shape index (κ2) is 8.70. The lowest BCUT2D eigenvalue weighted by atomic mass is 10.2. The summed E-state index contributed by atoms with van der Waals surface area (Å²) in [6.07, 6.45) is -2.77. The summed E-state index contributed by atoms with van der Waals surface area (Å²) in [7, 11) is 1.29. The normalized spacial score (nSPS) is 12.6. The maximum absolute atomic E-state index is 13.2. The fourth-order valence-corrected chi connectivity index (χ4v) is 2.84. The monoisotopic (exact) mass is 421 g/mol. The van der Waals surface area contributed by atoms with E-state index in [1.54, 1.807) is 23.0 Å². The van der Waals surface area contributed by atoms with Crippen LogP contribution in [0.4, 0.5) is 24.8 Å². The zero-order valence-corrected chi connectivity index (χ0v) is 16.7. The Morgan fingerprint density at radius 2 is 2.00 bits per heavy atom. The summed E-state index contributed by atoms with van der Waals surface area (Å²) in [6.45, 7) is 3.67. The van der Waals surface area contributed by atoms with Crippen LogP contribution in [0, 0.1) is 6.92 Å². The van der Waals surface area contributed by atoms with Gasteiger partial charge in [-0.25, -0.2) is 4.68 Å². The number of halogens is 3. The first-order valence-corrected chi connectivity index (χ1v) is 9.30. The van der Waals surface area contributed by atoms with Crippen molar-refractivity contribution < 1.29 is 23.0 Å². The SMILES string of the molecule is CCC(O)Cc1nc(Nc2cc(OC)cc(C(F)(F)F)c2)nn1-c1ccnc(C)c1. The highest BCUT2D eigenvalue weighted by molar-refractivity contribution is 5.58. The molecular formula is C20H22F3N5O2.